The van der Waals surface area contributed by atoms with Gasteiger partial charge < -0.3 is 9.84 Å². The van der Waals surface area contributed by atoms with E-state index in [1.54, 1.807) is 31.2 Å². The molecule has 3 aromatic rings. The molecule has 0 aliphatic heterocycles. The predicted molar refractivity (Wildman–Crippen MR) is 92.9 cm³/mol. The number of aliphatic hydroxyl groups is 1. The van der Waals surface area contributed by atoms with Crippen LogP contribution in [0.2, 0.25) is 0 Å². The summed E-state index contributed by atoms with van der Waals surface area (Å²) in [5.74, 6) is -0.000824. The summed E-state index contributed by atoms with van der Waals surface area (Å²) in [6.45, 7) is 1.57. The van der Waals surface area contributed by atoms with Gasteiger partial charge in [-0.25, -0.2) is 0 Å². The first-order chi connectivity index (χ1) is 13.9. The standard InChI is InChI=1S/C19H15F6N3O2/c1-12-16(27-28(26-12)14-5-3-2-4-6-14)11-30-15-9-7-13(8-10-15)17(29,18(20,21)22)19(23,24)25/h2-10,29H,11H2,1H3. The summed E-state index contributed by atoms with van der Waals surface area (Å²) < 4.78 is 82.9. The SMILES string of the molecule is Cc1nn(-c2ccccc2)nc1COc1ccc(C(O)(C(F)(F)F)C(F)(F)F)cc1. The highest BCUT2D eigenvalue weighted by molar-refractivity contribution is 5.33. The van der Waals surface area contributed by atoms with Crippen molar-refractivity contribution in [3.8, 4) is 11.4 Å². The molecular formula is C19H15F6N3O2. The first-order valence-corrected chi connectivity index (χ1v) is 8.51. The molecule has 30 heavy (non-hydrogen) atoms. The van der Waals surface area contributed by atoms with Crippen molar-refractivity contribution in [3.05, 3.63) is 71.5 Å². The molecule has 0 unspecified atom stereocenters. The van der Waals surface area contributed by atoms with Crippen LogP contribution in [0.5, 0.6) is 5.75 Å². The maximum Gasteiger partial charge on any atom is 0.430 e. The molecule has 0 saturated heterocycles. The molecule has 0 amide bonds. The highest BCUT2D eigenvalue weighted by Crippen LogP contribution is 2.50. The fraction of sp³-hybridized carbons (Fsp3) is 0.263. The summed E-state index contributed by atoms with van der Waals surface area (Å²) in [5.41, 5.74) is -4.66. The number of hydrogen-bond acceptors (Lipinski definition) is 4. The van der Waals surface area contributed by atoms with Crippen LogP contribution in [0.3, 0.4) is 0 Å². The Morgan fingerprint density at radius 2 is 1.43 bits per heavy atom. The van der Waals surface area contributed by atoms with E-state index in [0.29, 0.717) is 29.2 Å². The zero-order chi connectivity index (χ0) is 22.2. The van der Waals surface area contributed by atoms with Gasteiger partial charge in [-0.3, -0.25) is 0 Å². The van der Waals surface area contributed by atoms with E-state index < -0.39 is 23.5 Å². The summed E-state index contributed by atoms with van der Waals surface area (Å²) >= 11 is 0. The van der Waals surface area contributed by atoms with Crippen molar-refractivity contribution in [2.24, 2.45) is 0 Å². The zero-order valence-corrected chi connectivity index (χ0v) is 15.4. The van der Waals surface area contributed by atoms with Crippen LogP contribution in [0.15, 0.2) is 54.6 Å². The molecule has 0 atom stereocenters. The molecule has 0 radical (unpaired) electrons. The lowest BCUT2D eigenvalue weighted by Crippen LogP contribution is -2.53. The predicted octanol–water partition coefficient (Wildman–Crippen LogP) is 4.47. The molecule has 0 saturated carbocycles. The number of ether oxygens (including phenoxy) is 1. The Labute approximate surface area is 166 Å². The third-order valence-corrected chi connectivity index (χ3v) is 4.33. The topological polar surface area (TPSA) is 60.2 Å². The molecule has 5 nitrogen and oxygen atoms in total. The number of benzene rings is 2. The number of para-hydroxylation sites is 1. The molecule has 1 aromatic heterocycles. The van der Waals surface area contributed by atoms with E-state index in [1.165, 1.54) is 4.80 Å². The molecular weight excluding hydrogens is 416 g/mol. The third-order valence-electron chi connectivity index (χ3n) is 4.33. The van der Waals surface area contributed by atoms with E-state index in [2.05, 4.69) is 10.2 Å². The van der Waals surface area contributed by atoms with Gasteiger partial charge in [-0.15, -0.1) is 5.10 Å². The van der Waals surface area contributed by atoms with Crippen molar-refractivity contribution in [1.29, 1.82) is 0 Å². The fourth-order valence-corrected chi connectivity index (χ4v) is 2.65. The van der Waals surface area contributed by atoms with Crippen LogP contribution in [-0.4, -0.2) is 32.5 Å². The lowest BCUT2D eigenvalue weighted by Gasteiger charge is -2.32. The fourth-order valence-electron chi connectivity index (χ4n) is 2.65. The van der Waals surface area contributed by atoms with E-state index in [0.717, 1.165) is 12.1 Å². The number of aryl methyl sites for hydroxylation is 1. The van der Waals surface area contributed by atoms with Crippen LogP contribution in [0.4, 0.5) is 26.3 Å². The molecule has 1 N–H and O–H groups in total. The quantitative estimate of drug-likeness (QED) is 0.606. The smallest absolute Gasteiger partial charge is 0.430 e. The number of alkyl halides is 6. The van der Waals surface area contributed by atoms with Gasteiger partial charge in [-0.1, -0.05) is 30.3 Å². The van der Waals surface area contributed by atoms with Gasteiger partial charge in [0.2, 0.25) is 0 Å². The monoisotopic (exact) mass is 431 g/mol. The van der Waals surface area contributed by atoms with Crippen LogP contribution in [-0.2, 0) is 12.2 Å². The van der Waals surface area contributed by atoms with Gasteiger partial charge >= 0.3 is 12.4 Å². The second kappa shape index (κ2) is 7.63. The van der Waals surface area contributed by atoms with E-state index in [-0.39, 0.29) is 12.4 Å². The number of halogens is 6. The van der Waals surface area contributed by atoms with Gasteiger partial charge in [0.1, 0.15) is 18.1 Å². The van der Waals surface area contributed by atoms with Crippen LogP contribution >= 0.6 is 0 Å². The minimum Gasteiger partial charge on any atom is -0.487 e. The van der Waals surface area contributed by atoms with E-state index >= 15 is 0 Å². The van der Waals surface area contributed by atoms with Crippen molar-refractivity contribution in [2.75, 3.05) is 0 Å². The highest BCUT2D eigenvalue weighted by atomic mass is 19.4. The molecule has 11 heteroatoms. The summed E-state index contributed by atoms with van der Waals surface area (Å²) in [5, 5.41) is 17.9. The maximum atomic E-state index is 12.9. The lowest BCUT2D eigenvalue weighted by atomic mass is 9.92. The second-order valence-electron chi connectivity index (χ2n) is 6.38. The van der Waals surface area contributed by atoms with Crippen LogP contribution in [0.25, 0.3) is 5.69 Å². The highest BCUT2D eigenvalue weighted by Gasteiger charge is 2.71. The van der Waals surface area contributed by atoms with Gasteiger partial charge in [0.15, 0.2) is 0 Å². The summed E-state index contributed by atoms with van der Waals surface area (Å²) in [6.07, 6.45) is -11.9. The van der Waals surface area contributed by atoms with E-state index in [4.69, 9.17) is 4.74 Å². The molecule has 0 fully saturated rings. The number of nitrogens with zero attached hydrogens (tertiary/aromatic N) is 3. The second-order valence-corrected chi connectivity index (χ2v) is 6.38. The zero-order valence-electron chi connectivity index (χ0n) is 15.4. The van der Waals surface area contributed by atoms with Gasteiger partial charge in [-0.05, 0) is 31.2 Å². The van der Waals surface area contributed by atoms with Gasteiger partial charge in [0.25, 0.3) is 5.60 Å². The largest absolute Gasteiger partial charge is 0.487 e. The summed E-state index contributed by atoms with van der Waals surface area (Å²) in [4.78, 5) is 1.38. The molecule has 3 rings (SSSR count). The average molecular weight is 431 g/mol. The molecule has 0 aliphatic rings. The minimum atomic E-state index is -5.94. The third kappa shape index (κ3) is 3.97. The van der Waals surface area contributed by atoms with Crippen molar-refractivity contribution in [3.63, 3.8) is 0 Å². The molecule has 1 heterocycles. The lowest BCUT2D eigenvalue weighted by molar-refractivity contribution is -0.376. The first kappa shape index (κ1) is 21.6. The Morgan fingerprint density at radius 1 is 0.867 bits per heavy atom. The minimum absolute atomic E-state index is 0.000824. The molecule has 2 aromatic carbocycles. The van der Waals surface area contributed by atoms with Crippen molar-refractivity contribution < 1.29 is 36.2 Å². The Balaban J connectivity index is 1.76. The molecule has 0 spiro atoms. The number of rotatable bonds is 5. The van der Waals surface area contributed by atoms with Crippen LogP contribution in [0, 0.1) is 6.92 Å². The van der Waals surface area contributed by atoms with E-state index in [9.17, 15) is 31.4 Å². The molecule has 0 aliphatic carbocycles. The Morgan fingerprint density at radius 3 is 1.97 bits per heavy atom. The summed E-state index contributed by atoms with van der Waals surface area (Å²) in [7, 11) is 0. The number of hydrogen-bond donors (Lipinski definition) is 1. The van der Waals surface area contributed by atoms with Crippen molar-refractivity contribution >= 4 is 0 Å². The van der Waals surface area contributed by atoms with Gasteiger partial charge in [-0.2, -0.15) is 36.2 Å². The average Bonchev–Trinajstić information content (AvgIpc) is 3.06. The number of aromatic nitrogens is 3. The van der Waals surface area contributed by atoms with Crippen LogP contribution in [0.1, 0.15) is 17.0 Å². The van der Waals surface area contributed by atoms with Gasteiger partial charge in [0, 0.05) is 5.56 Å². The van der Waals surface area contributed by atoms with Crippen LogP contribution < -0.4 is 4.74 Å². The Hall–Kier alpha value is -3.08. The molecule has 0 bridgehead atoms. The van der Waals surface area contributed by atoms with Gasteiger partial charge in [0.05, 0.1) is 11.4 Å². The maximum absolute atomic E-state index is 12.9. The Kier molecular flexibility index (Phi) is 5.50. The summed E-state index contributed by atoms with van der Waals surface area (Å²) in [6, 6.07) is 11.9. The first-order valence-electron chi connectivity index (χ1n) is 8.51. The normalized spacial score (nSPS) is 12.8. The molecule has 160 valence electrons. The Bertz CT molecular complexity index is 984. The van der Waals surface area contributed by atoms with Crippen molar-refractivity contribution in [2.45, 2.75) is 31.5 Å². The van der Waals surface area contributed by atoms with E-state index in [1.807, 2.05) is 6.07 Å². The van der Waals surface area contributed by atoms with Crippen molar-refractivity contribution in [1.82, 2.24) is 15.0 Å².